The number of fused-ring (bicyclic) bond motifs is 2. The van der Waals surface area contributed by atoms with Crippen molar-refractivity contribution in [2.45, 2.75) is 75.4 Å². The average Bonchev–Trinajstić information content (AvgIpc) is 3.28. The fourth-order valence-electron chi connectivity index (χ4n) is 6.01. The van der Waals surface area contributed by atoms with Crippen molar-refractivity contribution in [3.05, 3.63) is 59.7 Å². The minimum Gasteiger partial charge on any atom is -0.333 e. The lowest BCUT2D eigenvalue weighted by molar-refractivity contribution is 0.0633. The van der Waals surface area contributed by atoms with Crippen LogP contribution in [0.15, 0.2) is 53.4 Å². The Hall–Kier alpha value is -2.34. The minimum absolute atomic E-state index is 0.0335. The number of nitrogens with zero attached hydrogens (tertiary/aromatic N) is 2. The van der Waals surface area contributed by atoms with E-state index in [2.05, 4.69) is 6.92 Å². The van der Waals surface area contributed by atoms with Gasteiger partial charge in [0.2, 0.25) is 0 Å². The van der Waals surface area contributed by atoms with Crippen LogP contribution in [0.25, 0.3) is 0 Å². The van der Waals surface area contributed by atoms with Gasteiger partial charge in [0, 0.05) is 23.7 Å². The molecule has 6 heteroatoms. The van der Waals surface area contributed by atoms with Crippen LogP contribution in [0.2, 0.25) is 0 Å². The second kappa shape index (κ2) is 7.66. The lowest BCUT2D eigenvalue weighted by Gasteiger charge is -2.33. The summed E-state index contributed by atoms with van der Waals surface area (Å²) in [5.41, 5.74) is 2.25. The molecular weight excluding hydrogens is 408 g/mol. The third-order valence-corrected chi connectivity index (χ3v) is 9.29. The molecule has 2 fully saturated rings. The van der Waals surface area contributed by atoms with Gasteiger partial charge in [0.25, 0.3) is 15.9 Å². The van der Waals surface area contributed by atoms with E-state index >= 15 is 0 Å². The van der Waals surface area contributed by atoms with Crippen molar-refractivity contribution in [1.29, 1.82) is 0 Å². The van der Waals surface area contributed by atoms with Crippen LogP contribution >= 0.6 is 0 Å². The summed E-state index contributed by atoms with van der Waals surface area (Å²) < 4.78 is 28.7. The zero-order chi connectivity index (χ0) is 21.8. The quantitative estimate of drug-likeness (QED) is 0.703. The Kier molecular flexibility index (Phi) is 5.08. The first-order chi connectivity index (χ1) is 14.9. The number of para-hydroxylation sites is 1. The number of amides is 1. The highest BCUT2D eigenvalue weighted by Crippen LogP contribution is 2.41. The first kappa shape index (κ1) is 20.6. The smallest absolute Gasteiger partial charge is 0.264 e. The summed E-state index contributed by atoms with van der Waals surface area (Å²) >= 11 is 0. The third kappa shape index (κ3) is 3.36. The van der Waals surface area contributed by atoms with Gasteiger partial charge in [0.15, 0.2) is 0 Å². The molecule has 4 unspecified atom stereocenters. The van der Waals surface area contributed by atoms with Crippen LogP contribution in [0.1, 0.15) is 61.9 Å². The number of likely N-dealkylation sites (tertiary alicyclic amines) is 1. The predicted octanol–water partition coefficient (Wildman–Crippen LogP) is 4.62. The molecule has 1 aliphatic carbocycles. The number of sulfonamides is 1. The zero-order valence-corrected chi connectivity index (χ0v) is 19.0. The van der Waals surface area contributed by atoms with E-state index in [9.17, 15) is 13.2 Å². The topological polar surface area (TPSA) is 57.7 Å². The normalized spacial score (nSPS) is 27.8. The van der Waals surface area contributed by atoms with Gasteiger partial charge in [-0.15, -0.1) is 0 Å². The van der Waals surface area contributed by atoms with Gasteiger partial charge in [-0.3, -0.25) is 9.10 Å². The van der Waals surface area contributed by atoms with Gasteiger partial charge in [-0.1, -0.05) is 37.1 Å². The molecule has 0 radical (unpaired) electrons. The summed E-state index contributed by atoms with van der Waals surface area (Å²) in [4.78, 5) is 15.7. The average molecular weight is 439 g/mol. The standard InChI is InChI=1S/C25H30N2O3S/c1-17-14-19-8-3-5-12-23(19)26(17)25(28)21-10-7-11-22(16-21)31(29,30)27-18(2)15-20-9-4-6-13-24(20)27/h4,6-7,9-11,13,16-19,23H,3,5,8,12,14-15H2,1-2H3. The van der Waals surface area contributed by atoms with Crippen molar-refractivity contribution < 1.29 is 13.2 Å². The summed E-state index contributed by atoms with van der Waals surface area (Å²) in [5.74, 6) is 0.551. The summed E-state index contributed by atoms with van der Waals surface area (Å²) in [6.07, 6.45) is 6.41. The Balaban J connectivity index is 1.47. The maximum absolute atomic E-state index is 13.6. The zero-order valence-electron chi connectivity index (χ0n) is 18.2. The van der Waals surface area contributed by atoms with Crippen molar-refractivity contribution in [3.63, 3.8) is 0 Å². The van der Waals surface area contributed by atoms with Crippen LogP contribution in [-0.4, -0.2) is 37.4 Å². The van der Waals surface area contributed by atoms with Crippen molar-refractivity contribution in [1.82, 2.24) is 4.90 Å². The summed E-state index contributed by atoms with van der Waals surface area (Å²) in [6.45, 7) is 4.06. The van der Waals surface area contributed by atoms with E-state index in [-0.39, 0.29) is 22.9 Å². The third-order valence-electron chi connectivity index (χ3n) is 7.36. The van der Waals surface area contributed by atoms with Crippen molar-refractivity contribution in [2.75, 3.05) is 4.31 Å². The number of carbonyl (C=O) groups excluding carboxylic acids is 1. The van der Waals surface area contributed by atoms with Crippen LogP contribution in [0.4, 0.5) is 5.69 Å². The Labute approximate surface area is 185 Å². The Bertz CT molecular complexity index is 1110. The molecule has 0 N–H and O–H groups in total. The van der Waals surface area contributed by atoms with Crippen LogP contribution in [0.3, 0.4) is 0 Å². The second-order valence-corrected chi connectivity index (χ2v) is 11.2. The summed E-state index contributed by atoms with van der Waals surface area (Å²) in [7, 11) is -3.76. The number of hydrogen-bond donors (Lipinski definition) is 0. The molecule has 1 saturated carbocycles. The second-order valence-electron chi connectivity index (χ2n) is 9.42. The summed E-state index contributed by atoms with van der Waals surface area (Å²) in [6, 6.07) is 14.6. The molecule has 2 aliphatic heterocycles. The molecule has 3 aliphatic rings. The van der Waals surface area contributed by atoms with E-state index in [1.54, 1.807) is 24.3 Å². The van der Waals surface area contributed by atoms with E-state index in [0.29, 0.717) is 23.9 Å². The molecule has 2 heterocycles. The monoisotopic (exact) mass is 438 g/mol. The van der Waals surface area contributed by atoms with Crippen LogP contribution in [0, 0.1) is 5.92 Å². The van der Waals surface area contributed by atoms with E-state index in [1.165, 1.54) is 23.6 Å². The van der Waals surface area contributed by atoms with E-state index in [4.69, 9.17) is 0 Å². The van der Waals surface area contributed by atoms with Gasteiger partial charge in [-0.05, 0) is 75.3 Å². The molecule has 31 heavy (non-hydrogen) atoms. The van der Waals surface area contributed by atoms with E-state index in [0.717, 1.165) is 24.1 Å². The van der Waals surface area contributed by atoms with Gasteiger partial charge < -0.3 is 4.90 Å². The molecule has 0 aromatic heterocycles. The van der Waals surface area contributed by atoms with Crippen LogP contribution < -0.4 is 4.31 Å². The number of hydrogen-bond acceptors (Lipinski definition) is 3. The molecule has 1 amide bonds. The molecule has 2 aromatic rings. The molecular formula is C25H30N2O3S. The number of anilines is 1. The molecule has 0 spiro atoms. The van der Waals surface area contributed by atoms with E-state index in [1.807, 2.05) is 36.1 Å². The fourth-order valence-corrected chi connectivity index (χ4v) is 7.75. The highest BCUT2D eigenvalue weighted by molar-refractivity contribution is 7.92. The number of rotatable bonds is 3. The largest absolute Gasteiger partial charge is 0.333 e. The van der Waals surface area contributed by atoms with Crippen molar-refractivity contribution in [3.8, 4) is 0 Å². The molecule has 5 nitrogen and oxygen atoms in total. The highest BCUT2D eigenvalue weighted by Gasteiger charge is 2.43. The van der Waals surface area contributed by atoms with Crippen LogP contribution in [0.5, 0.6) is 0 Å². The maximum Gasteiger partial charge on any atom is 0.264 e. The molecule has 5 rings (SSSR count). The highest BCUT2D eigenvalue weighted by atomic mass is 32.2. The molecule has 4 atom stereocenters. The van der Waals surface area contributed by atoms with Gasteiger partial charge >= 0.3 is 0 Å². The molecule has 164 valence electrons. The summed E-state index contributed by atoms with van der Waals surface area (Å²) in [5, 5.41) is 0. The van der Waals surface area contributed by atoms with Crippen molar-refractivity contribution in [2.24, 2.45) is 5.92 Å². The lowest BCUT2D eigenvalue weighted by atomic mass is 9.85. The Morgan fingerprint density at radius 3 is 2.58 bits per heavy atom. The Morgan fingerprint density at radius 1 is 0.968 bits per heavy atom. The van der Waals surface area contributed by atoms with Gasteiger partial charge in [-0.25, -0.2) is 8.42 Å². The van der Waals surface area contributed by atoms with Gasteiger partial charge in [0.05, 0.1) is 10.6 Å². The number of benzene rings is 2. The fraction of sp³-hybridized carbons (Fsp3) is 0.480. The molecule has 0 bridgehead atoms. The minimum atomic E-state index is -3.76. The predicted molar refractivity (Wildman–Crippen MR) is 122 cm³/mol. The van der Waals surface area contributed by atoms with Crippen LogP contribution in [-0.2, 0) is 16.4 Å². The van der Waals surface area contributed by atoms with Crippen molar-refractivity contribution >= 4 is 21.6 Å². The van der Waals surface area contributed by atoms with Gasteiger partial charge in [0.1, 0.15) is 0 Å². The maximum atomic E-state index is 13.6. The number of carbonyl (C=O) groups is 1. The SMILES string of the molecule is CC1CC2CCCCC2N1C(=O)c1cccc(S(=O)(=O)N2c3ccccc3CC2C)c1. The van der Waals surface area contributed by atoms with E-state index < -0.39 is 10.0 Å². The Morgan fingerprint density at radius 2 is 1.74 bits per heavy atom. The first-order valence-corrected chi connectivity index (χ1v) is 12.9. The first-order valence-electron chi connectivity index (χ1n) is 11.4. The van der Waals surface area contributed by atoms with Gasteiger partial charge in [-0.2, -0.15) is 0 Å². The lowest BCUT2D eigenvalue weighted by Crippen LogP contribution is -2.42. The molecule has 2 aromatic carbocycles. The molecule has 1 saturated heterocycles.